The van der Waals surface area contributed by atoms with E-state index in [1.54, 1.807) is 6.92 Å². The summed E-state index contributed by atoms with van der Waals surface area (Å²) in [5.74, 6) is 0. The highest BCUT2D eigenvalue weighted by molar-refractivity contribution is 7.99. The maximum Gasteiger partial charge on any atom is 0.270 e. The molecule has 0 aliphatic heterocycles. The number of anilines is 1. The number of nitro groups is 1. The molecule has 0 saturated carbocycles. The first kappa shape index (κ1) is 16.6. The second-order valence-corrected chi connectivity index (χ2v) is 5.30. The van der Waals surface area contributed by atoms with Crippen molar-refractivity contribution < 1.29 is 18.8 Å². The Hall–Kier alpha value is -1.41. The number of thioether (sulfide) groups is 1. The first-order valence-electron chi connectivity index (χ1n) is 5.87. The number of aliphatic hydroxyl groups excluding tert-OH is 1. The molecule has 0 aliphatic rings. The normalized spacial score (nSPS) is 14.1. The minimum absolute atomic E-state index is 0.0909. The lowest BCUT2D eigenvalue weighted by Gasteiger charge is -2.23. The van der Waals surface area contributed by atoms with Gasteiger partial charge in [-0.15, -0.1) is 0 Å². The molecule has 8 heteroatoms. The zero-order valence-corrected chi connectivity index (χ0v) is 11.9. The Morgan fingerprint density at radius 3 is 2.60 bits per heavy atom. The zero-order chi connectivity index (χ0) is 15.3. The first-order chi connectivity index (χ1) is 9.40. The van der Waals surface area contributed by atoms with Crippen molar-refractivity contribution in [2.24, 2.45) is 0 Å². The van der Waals surface area contributed by atoms with Gasteiger partial charge in [0, 0.05) is 34.7 Å². The van der Waals surface area contributed by atoms with Gasteiger partial charge in [0.15, 0.2) is 0 Å². The summed E-state index contributed by atoms with van der Waals surface area (Å²) in [6, 6.07) is 3.06. The van der Waals surface area contributed by atoms with Gasteiger partial charge in [0.25, 0.3) is 12.1 Å². The number of hydrogen-bond acceptors (Lipinski definition) is 5. The molecule has 0 amide bonds. The average Bonchev–Trinajstić information content (AvgIpc) is 2.39. The number of nitrogens with zero attached hydrogens (tertiary/aromatic N) is 1. The van der Waals surface area contributed by atoms with Gasteiger partial charge in [0.1, 0.15) is 0 Å². The Bertz CT molecular complexity index is 470. The SMILES string of the molecule is CSC(CO)C(C)Nc1ccc([N+](=O)[O-])cc1C(F)F. The summed E-state index contributed by atoms with van der Waals surface area (Å²) in [5.41, 5.74) is -0.642. The van der Waals surface area contributed by atoms with Gasteiger partial charge >= 0.3 is 0 Å². The summed E-state index contributed by atoms with van der Waals surface area (Å²) < 4.78 is 25.9. The number of nitrogens with one attached hydrogen (secondary N) is 1. The third kappa shape index (κ3) is 4.04. The van der Waals surface area contributed by atoms with Crippen molar-refractivity contribution >= 4 is 23.1 Å². The van der Waals surface area contributed by atoms with Crippen molar-refractivity contribution in [3.05, 3.63) is 33.9 Å². The fourth-order valence-corrected chi connectivity index (χ4v) is 2.38. The number of rotatable bonds is 7. The fraction of sp³-hybridized carbons (Fsp3) is 0.500. The molecular weight excluding hydrogens is 290 g/mol. The molecule has 1 aromatic rings. The molecule has 5 nitrogen and oxygen atoms in total. The second kappa shape index (κ2) is 7.39. The van der Waals surface area contributed by atoms with Crippen molar-refractivity contribution in [2.45, 2.75) is 24.6 Å². The summed E-state index contributed by atoms with van der Waals surface area (Å²) in [6.07, 6.45) is -1.01. The summed E-state index contributed by atoms with van der Waals surface area (Å²) in [5, 5.41) is 22.5. The van der Waals surface area contributed by atoms with Gasteiger partial charge in [-0.1, -0.05) is 0 Å². The lowest BCUT2D eigenvalue weighted by molar-refractivity contribution is -0.385. The molecule has 2 unspecified atom stereocenters. The highest BCUT2D eigenvalue weighted by atomic mass is 32.2. The number of nitro benzene ring substituents is 1. The third-order valence-electron chi connectivity index (χ3n) is 2.90. The lowest BCUT2D eigenvalue weighted by atomic mass is 10.1. The number of aliphatic hydroxyl groups is 1. The molecule has 20 heavy (non-hydrogen) atoms. The number of hydrogen-bond donors (Lipinski definition) is 2. The van der Waals surface area contributed by atoms with Gasteiger partial charge in [-0.3, -0.25) is 10.1 Å². The summed E-state index contributed by atoms with van der Waals surface area (Å²) in [7, 11) is 0. The van der Waals surface area contributed by atoms with E-state index in [9.17, 15) is 24.0 Å². The Labute approximate surface area is 119 Å². The molecule has 1 aromatic carbocycles. The van der Waals surface area contributed by atoms with Crippen LogP contribution in [0.15, 0.2) is 18.2 Å². The standard InChI is InChI=1S/C12H16F2N2O3S/c1-7(11(6-17)20-2)15-10-4-3-8(16(18)19)5-9(10)12(13)14/h3-5,7,11-12,15,17H,6H2,1-2H3. The van der Waals surface area contributed by atoms with Crippen LogP contribution in [0, 0.1) is 10.1 Å². The van der Waals surface area contributed by atoms with E-state index < -0.39 is 16.9 Å². The second-order valence-electron chi connectivity index (χ2n) is 4.22. The van der Waals surface area contributed by atoms with Gasteiger partial charge in [-0.2, -0.15) is 11.8 Å². The molecule has 1 rings (SSSR count). The summed E-state index contributed by atoms with van der Waals surface area (Å²) >= 11 is 1.41. The van der Waals surface area contributed by atoms with Crippen LogP contribution < -0.4 is 5.32 Å². The van der Waals surface area contributed by atoms with Crippen molar-refractivity contribution in [1.82, 2.24) is 0 Å². The van der Waals surface area contributed by atoms with E-state index >= 15 is 0 Å². The van der Waals surface area contributed by atoms with Gasteiger partial charge < -0.3 is 10.4 Å². The van der Waals surface area contributed by atoms with Gasteiger partial charge in [0.05, 0.1) is 11.5 Å². The molecule has 0 heterocycles. The minimum atomic E-state index is -2.81. The number of non-ortho nitro benzene ring substituents is 1. The average molecular weight is 306 g/mol. The molecule has 0 spiro atoms. The highest BCUT2D eigenvalue weighted by Crippen LogP contribution is 2.31. The largest absolute Gasteiger partial charge is 0.395 e. The number of alkyl halides is 2. The van der Waals surface area contributed by atoms with Crippen molar-refractivity contribution in [1.29, 1.82) is 0 Å². The van der Waals surface area contributed by atoms with Gasteiger partial charge in [-0.25, -0.2) is 8.78 Å². The lowest BCUT2D eigenvalue weighted by Crippen LogP contribution is -2.31. The quantitative estimate of drug-likeness (QED) is 0.598. The number of benzene rings is 1. The predicted molar refractivity (Wildman–Crippen MR) is 75.5 cm³/mol. The van der Waals surface area contributed by atoms with Crippen LogP contribution in [-0.4, -0.2) is 34.2 Å². The molecule has 0 radical (unpaired) electrons. The summed E-state index contributed by atoms with van der Waals surface area (Å²) in [4.78, 5) is 9.90. The Morgan fingerprint density at radius 1 is 1.50 bits per heavy atom. The predicted octanol–water partition coefficient (Wildman–Crippen LogP) is 3.06. The van der Waals surface area contributed by atoms with Crippen LogP contribution in [-0.2, 0) is 0 Å². The zero-order valence-electron chi connectivity index (χ0n) is 11.0. The van der Waals surface area contributed by atoms with E-state index in [-0.39, 0.29) is 29.3 Å². The molecular formula is C12H16F2N2O3S. The van der Waals surface area contributed by atoms with Crippen LogP contribution in [0.3, 0.4) is 0 Å². The van der Waals surface area contributed by atoms with E-state index in [0.717, 1.165) is 6.07 Å². The van der Waals surface area contributed by atoms with Crippen LogP contribution in [0.4, 0.5) is 20.2 Å². The Kier molecular flexibility index (Phi) is 6.15. The van der Waals surface area contributed by atoms with Gasteiger partial charge in [0.2, 0.25) is 0 Å². The van der Waals surface area contributed by atoms with Crippen molar-refractivity contribution in [3.63, 3.8) is 0 Å². The highest BCUT2D eigenvalue weighted by Gasteiger charge is 2.21. The van der Waals surface area contributed by atoms with Crippen LogP contribution in [0.1, 0.15) is 18.9 Å². The van der Waals surface area contributed by atoms with Crippen LogP contribution in [0.25, 0.3) is 0 Å². The van der Waals surface area contributed by atoms with E-state index in [4.69, 9.17) is 0 Å². The maximum atomic E-state index is 13.0. The van der Waals surface area contributed by atoms with E-state index in [2.05, 4.69) is 5.32 Å². The minimum Gasteiger partial charge on any atom is -0.395 e. The van der Waals surface area contributed by atoms with Crippen LogP contribution in [0.5, 0.6) is 0 Å². The van der Waals surface area contributed by atoms with E-state index in [1.165, 1.54) is 23.9 Å². The molecule has 112 valence electrons. The third-order valence-corrected chi connectivity index (χ3v) is 4.07. The molecule has 0 aliphatic carbocycles. The van der Waals surface area contributed by atoms with E-state index in [0.29, 0.717) is 0 Å². The molecule has 0 fully saturated rings. The van der Waals surface area contributed by atoms with Crippen molar-refractivity contribution in [2.75, 3.05) is 18.2 Å². The molecule has 0 aromatic heterocycles. The first-order valence-corrected chi connectivity index (χ1v) is 7.16. The summed E-state index contributed by atoms with van der Waals surface area (Å²) in [6.45, 7) is 1.67. The molecule has 2 N–H and O–H groups in total. The molecule has 0 bridgehead atoms. The van der Waals surface area contributed by atoms with Crippen LogP contribution >= 0.6 is 11.8 Å². The van der Waals surface area contributed by atoms with Crippen LogP contribution in [0.2, 0.25) is 0 Å². The molecule has 2 atom stereocenters. The molecule has 0 saturated heterocycles. The number of halogens is 2. The van der Waals surface area contributed by atoms with Gasteiger partial charge in [-0.05, 0) is 19.2 Å². The van der Waals surface area contributed by atoms with Crippen molar-refractivity contribution in [3.8, 4) is 0 Å². The smallest absolute Gasteiger partial charge is 0.270 e. The van der Waals surface area contributed by atoms with E-state index in [1.807, 2.05) is 6.26 Å². The Morgan fingerprint density at radius 2 is 2.15 bits per heavy atom. The fourth-order valence-electron chi connectivity index (χ4n) is 1.75. The maximum absolute atomic E-state index is 13.0. The topological polar surface area (TPSA) is 75.4 Å². The Balaban J connectivity index is 3.02. The monoisotopic (exact) mass is 306 g/mol.